The summed E-state index contributed by atoms with van der Waals surface area (Å²) in [5.41, 5.74) is 6.01. The van der Waals surface area contributed by atoms with Crippen molar-refractivity contribution in [2.45, 2.75) is 31.9 Å². The van der Waals surface area contributed by atoms with Gasteiger partial charge in [0, 0.05) is 29.4 Å². The molecule has 150 valence electrons. The molecule has 5 N–H and O–H groups in total. The van der Waals surface area contributed by atoms with Crippen LogP contribution in [0, 0.1) is 5.41 Å². The van der Waals surface area contributed by atoms with Gasteiger partial charge in [-0.25, -0.2) is 10.4 Å². The third-order valence-electron chi connectivity index (χ3n) is 5.22. The Morgan fingerprint density at radius 2 is 2.26 bits per heavy atom. The van der Waals surface area contributed by atoms with Crippen LogP contribution in [0.25, 0.3) is 0 Å². The van der Waals surface area contributed by atoms with Crippen LogP contribution in [-0.2, 0) is 9.47 Å². The average molecular weight is 398 g/mol. The zero-order valence-corrected chi connectivity index (χ0v) is 16.7. The molecule has 9 nitrogen and oxygen atoms in total. The molecule has 27 heavy (non-hydrogen) atoms. The van der Waals surface area contributed by atoms with Crippen molar-refractivity contribution >= 4 is 17.8 Å². The summed E-state index contributed by atoms with van der Waals surface area (Å²) in [6.07, 6.45) is 1.25. The molecule has 0 aromatic carbocycles. The normalized spacial score (nSPS) is 33.8. The monoisotopic (exact) mass is 397 g/mol. The van der Waals surface area contributed by atoms with Crippen LogP contribution in [0.5, 0.6) is 0 Å². The van der Waals surface area contributed by atoms with Crippen molar-refractivity contribution in [3.63, 3.8) is 0 Å². The molecule has 4 aliphatic heterocycles. The molecule has 0 aliphatic carbocycles. The van der Waals surface area contributed by atoms with Crippen molar-refractivity contribution in [2.75, 3.05) is 40.0 Å². The molecule has 3 unspecified atom stereocenters. The first-order valence-electron chi connectivity index (χ1n) is 9.28. The third kappa shape index (κ3) is 3.74. The maximum atomic E-state index is 6.36. The van der Waals surface area contributed by atoms with Gasteiger partial charge in [-0.3, -0.25) is 10.3 Å². The number of likely N-dealkylation sites (N-methyl/N-ethyl adjacent to an activating group) is 1. The number of aliphatic imine (C=N–C) groups is 1. The molecule has 2 saturated heterocycles. The van der Waals surface area contributed by atoms with Gasteiger partial charge in [0.05, 0.1) is 32.1 Å². The summed E-state index contributed by atoms with van der Waals surface area (Å²) in [6, 6.07) is 0. The molecular formula is C17H28ClN7O2. The van der Waals surface area contributed by atoms with E-state index in [1.807, 2.05) is 18.3 Å². The highest BCUT2D eigenvalue weighted by molar-refractivity contribution is 6.24. The van der Waals surface area contributed by atoms with Crippen molar-refractivity contribution in [1.82, 2.24) is 31.7 Å². The van der Waals surface area contributed by atoms with E-state index < -0.39 is 0 Å². The van der Waals surface area contributed by atoms with Gasteiger partial charge >= 0.3 is 0 Å². The first kappa shape index (κ1) is 18.8. The van der Waals surface area contributed by atoms with Crippen LogP contribution in [0.2, 0.25) is 0 Å². The molecule has 3 atom stereocenters. The zero-order valence-electron chi connectivity index (χ0n) is 15.9. The minimum absolute atomic E-state index is 0.181. The lowest BCUT2D eigenvalue weighted by Gasteiger charge is -2.39. The van der Waals surface area contributed by atoms with E-state index >= 15 is 0 Å². The quantitative estimate of drug-likeness (QED) is 0.322. The molecule has 10 heteroatoms. The molecular weight excluding hydrogens is 370 g/mol. The largest absolute Gasteiger partial charge is 0.386 e. The number of halogens is 1. The summed E-state index contributed by atoms with van der Waals surface area (Å²) >= 11 is 6.36. The fourth-order valence-electron chi connectivity index (χ4n) is 3.50. The molecule has 0 saturated carbocycles. The first-order valence-corrected chi connectivity index (χ1v) is 9.72. The van der Waals surface area contributed by atoms with Crippen LogP contribution in [0.15, 0.2) is 27.8 Å². The predicted molar refractivity (Wildman–Crippen MR) is 103 cm³/mol. The van der Waals surface area contributed by atoms with E-state index in [1.165, 1.54) is 0 Å². The van der Waals surface area contributed by atoms with E-state index in [2.05, 4.69) is 45.5 Å². The fraction of sp³-hybridized carbons (Fsp3) is 0.706. The molecule has 0 amide bonds. The lowest BCUT2D eigenvalue weighted by atomic mass is 9.88. The number of hydrazine groups is 1. The van der Waals surface area contributed by atoms with Crippen LogP contribution in [0.1, 0.15) is 13.8 Å². The minimum atomic E-state index is -0.304. The Kier molecular flexibility index (Phi) is 5.21. The Morgan fingerprint density at radius 1 is 1.44 bits per heavy atom. The van der Waals surface area contributed by atoms with Crippen LogP contribution in [0.4, 0.5) is 0 Å². The Labute approximate surface area is 164 Å². The fourth-order valence-corrected chi connectivity index (χ4v) is 3.78. The van der Waals surface area contributed by atoms with Crippen LogP contribution in [-0.4, -0.2) is 69.2 Å². The highest BCUT2D eigenvalue weighted by Crippen LogP contribution is 2.26. The number of ether oxygens (including phenoxy) is 2. The molecule has 4 aliphatic rings. The lowest BCUT2D eigenvalue weighted by molar-refractivity contribution is -0.0980. The number of hydrogen-bond acceptors (Lipinski definition) is 9. The van der Waals surface area contributed by atoms with E-state index in [9.17, 15) is 0 Å². The molecule has 4 heterocycles. The predicted octanol–water partition coefficient (Wildman–Crippen LogP) is -0.436. The van der Waals surface area contributed by atoms with Crippen molar-refractivity contribution in [3.05, 3.63) is 22.8 Å². The van der Waals surface area contributed by atoms with E-state index in [4.69, 9.17) is 21.1 Å². The van der Waals surface area contributed by atoms with Crippen molar-refractivity contribution in [3.8, 4) is 0 Å². The van der Waals surface area contributed by atoms with Gasteiger partial charge in [-0.1, -0.05) is 18.5 Å². The van der Waals surface area contributed by atoms with Crippen molar-refractivity contribution < 1.29 is 9.47 Å². The number of fused-ring (bicyclic) bond motifs is 1. The minimum Gasteiger partial charge on any atom is -0.386 e. The van der Waals surface area contributed by atoms with Gasteiger partial charge in [0.2, 0.25) is 0 Å². The van der Waals surface area contributed by atoms with Gasteiger partial charge < -0.3 is 25.4 Å². The summed E-state index contributed by atoms with van der Waals surface area (Å²) < 4.78 is 11.5. The van der Waals surface area contributed by atoms with E-state index in [-0.39, 0.29) is 23.4 Å². The maximum absolute atomic E-state index is 6.36. The smallest absolute Gasteiger partial charge is 0.195 e. The first-order chi connectivity index (χ1) is 13.0. The molecule has 0 radical (unpaired) electrons. The van der Waals surface area contributed by atoms with Gasteiger partial charge in [0.15, 0.2) is 6.29 Å². The van der Waals surface area contributed by atoms with Gasteiger partial charge in [0.25, 0.3) is 0 Å². The highest BCUT2D eigenvalue weighted by Gasteiger charge is 2.35. The summed E-state index contributed by atoms with van der Waals surface area (Å²) in [7, 11) is 1.89. The van der Waals surface area contributed by atoms with Gasteiger partial charge in [-0.15, -0.1) is 0 Å². The maximum Gasteiger partial charge on any atom is 0.195 e. The number of nitrogens with zero attached hydrogens (tertiary/aromatic N) is 2. The van der Waals surface area contributed by atoms with E-state index in [0.717, 1.165) is 42.5 Å². The topological polar surface area (TPSA) is 94.2 Å². The van der Waals surface area contributed by atoms with Gasteiger partial charge in [0.1, 0.15) is 17.5 Å². The van der Waals surface area contributed by atoms with Crippen molar-refractivity contribution in [1.29, 1.82) is 0 Å². The highest BCUT2D eigenvalue weighted by atomic mass is 35.5. The van der Waals surface area contributed by atoms with Crippen LogP contribution < -0.4 is 26.7 Å². The number of rotatable bonds is 4. The lowest BCUT2D eigenvalue weighted by Crippen LogP contribution is -2.53. The number of allylic oxidation sites excluding steroid dienone is 1. The second-order valence-corrected chi connectivity index (χ2v) is 8.09. The van der Waals surface area contributed by atoms with Gasteiger partial charge in [-0.2, -0.15) is 0 Å². The summed E-state index contributed by atoms with van der Waals surface area (Å²) in [5.74, 6) is 0.943. The molecule has 2 bridgehead atoms. The average Bonchev–Trinajstić information content (AvgIpc) is 2.96. The number of nitrogens with one attached hydrogen (secondary N) is 5. The second kappa shape index (κ2) is 7.48. The van der Waals surface area contributed by atoms with Crippen LogP contribution in [0.3, 0.4) is 0 Å². The Bertz CT molecular complexity index is 676. The Morgan fingerprint density at radius 3 is 2.96 bits per heavy atom. The zero-order chi connectivity index (χ0) is 19.0. The Hall–Kier alpha value is -1.52. The van der Waals surface area contributed by atoms with Gasteiger partial charge in [-0.05, 0) is 14.0 Å². The summed E-state index contributed by atoms with van der Waals surface area (Å²) in [4.78, 5) is 4.57. The summed E-state index contributed by atoms with van der Waals surface area (Å²) in [6.45, 7) is 7.91. The SMILES string of the molecule is CNC1OCCN2NC(Cl)C3=C2NC(N=C3)N/C1=C(\C)NCC1(C)COC1. The number of alkyl halides is 1. The van der Waals surface area contributed by atoms with E-state index in [1.54, 1.807) is 0 Å². The molecule has 0 aromatic heterocycles. The second-order valence-electron chi connectivity index (χ2n) is 7.65. The molecule has 0 aromatic rings. The third-order valence-corrected chi connectivity index (χ3v) is 5.56. The van der Waals surface area contributed by atoms with Crippen molar-refractivity contribution in [2.24, 2.45) is 10.4 Å². The standard InChI is InChI=1S/C17H28ClN7O2/c1-10(21-7-17(2)8-26-9-17)12-15(19-3)27-5-4-25-14-11(13(18)24-25)6-20-16(22-12)23-14/h6,13,15-16,19,21-24H,4-5,7-9H2,1-3H3/b12-10+. The Balaban J connectivity index is 1.54. The molecule has 0 spiro atoms. The van der Waals surface area contributed by atoms with Crippen LogP contribution >= 0.6 is 11.6 Å². The summed E-state index contributed by atoms with van der Waals surface area (Å²) in [5, 5.41) is 15.7. The molecule has 4 rings (SSSR count). The molecule has 2 fully saturated rings. The number of hydrogen-bond donors (Lipinski definition) is 5. The van der Waals surface area contributed by atoms with E-state index in [0.29, 0.717) is 13.2 Å².